The Morgan fingerprint density at radius 3 is 3.00 bits per heavy atom. The number of nitrogens with one attached hydrogen (secondary N) is 2. The Bertz CT molecular complexity index is 831. The third-order valence-corrected chi connectivity index (χ3v) is 5.66. The normalized spacial score (nSPS) is 21.5. The molecule has 0 saturated carbocycles. The first-order valence-electron chi connectivity index (χ1n) is 8.91. The fourth-order valence-electron chi connectivity index (χ4n) is 3.61. The summed E-state index contributed by atoms with van der Waals surface area (Å²) < 4.78 is 6.28. The van der Waals surface area contributed by atoms with Crippen molar-refractivity contribution in [1.29, 1.82) is 0 Å². The predicted octanol–water partition coefficient (Wildman–Crippen LogP) is 2.22. The number of aromatic amines is 1. The molecule has 3 heterocycles. The zero-order valence-corrected chi connectivity index (χ0v) is 15.9. The Labute approximate surface area is 159 Å². The SMILES string of the molecule is O=C(NCC1CCOCC1)[C@H]1CC(=O)N(c2n[nH]c3cc(Br)ccc23)C1. The molecule has 0 bridgehead atoms. The average Bonchev–Trinajstić information content (AvgIpc) is 3.23. The summed E-state index contributed by atoms with van der Waals surface area (Å²) in [5, 5.41) is 11.1. The van der Waals surface area contributed by atoms with Crippen LogP contribution < -0.4 is 10.2 Å². The summed E-state index contributed by atoms with van der Waals surface area (Å²) in [5.41, 5.74) is 0.856. The second-order valence-electron chi connectivity index (χ2n) is 6.94. The highest BCUT2D eigenvalue weighted by molar-refractivity contribution is 9.10. The van der Waals surface area contributed by atoms with E-state index in [1.807, 2.05) is 18.2 Å². The Morgan fingerprint density at radius 2 is 2.19 bits per heavy atom. The summed E-state index contributed by atoms with van der Waals surface area (Å²) in [6.07, 6.45) is 2.18. The Morgan fingerprint density at radius 1 is 1.38 bits per heavy atom. The van der Waals surface area contributed by atoms with Crippen LogP contribution in [0.3, 0.4) is 0 Å². The lowest BCUT2D eigenvalue weighted by Crippen LogP contribution is -2.37. The molecule has 2 saturated heterocycles. The van der Waals surface area contributed by atoms with E-state index in [2.05, 4.69) is 31.4 Å². The van der Waals surface area contributed by atoms with E-state index in [9.17, 15) is 9.59 Å². The Hall–Kier alpha value is -1.93. The molecular weight excluding hydrogens is 400 g/mol. The van der Waals surface area contributed by atoms with Crippen LogP contribution in [0.5, 0.6) is 0 Å². The lowest BCUT2D eigenvalue weighted by molar-refractivity contribution is -0.126. The number of ether oxygens (including phenoxy) is 1. The van der Waals surface area contributed by atoms with Gasteiger partial charge in [0.2, 0.25) is 11.8 Å². The van der Waals surface area contributed by atoms with Crippen LogP contribution in [0.4, 0.5) is 5.82 Å². The molecule has 8 heteroatoms. The molecule has 26 heavy (non-hydrogen) atoms. The van der Waals surface area contributed by atoms with Crippen molar-refractivity contribution in [3.05, 3.63) is 22.7 Å². The lowest BCUT2D eigenvalue weighted by Gasteiger charge is -2.22. The molecule has 4 rings (SSSR count). The number of hydrogen-bond acceptors (Lipinski definition) is 4. The first-order chi connectivity index (χ1) is 12.6. The van der Waals surface area contributed by atoms with E-state index >= 15 is 0 Å². The first kappa shape index (κ1) is 17.5. The maximum Gasteiger partial charge on any atom is 0.229 e. The van der Waals surface area contributed by atoms with Gasteiger partial charge in [0.1, 0.15) is 0 Å². The van der Waals surface area contributed by atoms with E-state index in [4.69, 9.17) is 4.74 Å². The van der Waals surface area contributed by atoms with Crippen LogP contribution in [0.25, 0.3) is 10.9 Å². The second-order valence-corrected chi connectivity index (χ2v) is 7.86. The molecule has 1 atom stereocenters. The van der Waals surface area contributed by atoms with Crippen molar-refractivity contribution in [3.63, 3.8) is 0 Å². The highest BCUT2D eigenvalue weighted by atomic mass is 79.9. The molecule has 1 aromatic heterocycles. The molecule has 2 aliphatic rings. The van der Waals surface area contributed by atoms with Gasteiger partial charge in [-0.2, -0.15) is 5.10 Å². The van der Waals surface area contributed by atoms with Crippen molar-refractivity contribution in [2.75, 3.05) is 31.2 Å². The Kier molecular flexibility index (Phi) is 4.95. The van der Waals surface area contributed by atoms with E-state index < -0.39 is 0 Å². The fourth-order valence-corrected chi connectivity index (χ4v) is 3.97. The van der Waals surface area contributed by atoms with Gasteiger partial charge >= 0.3 is 0 Å². The fraction of sp³-hybridized carbons (Fsp3) is 0.500. The molecule has 0 radical (unpaired) electrons. The van der Waals surface area contributed by atoms with Crippen LogP contribution >= 0.6 is 15.9 Å². The number of rotatable bonds is 4. The zero-order chi connectivity index (χ0) is 18.1. The number of carbonyl (C=O) groups is 2. The molecule has 2 aromatic rings. The van der Waals surface area contributed by atoms with E-state index in [-0.39, 0.29) is 24.2 Å². The standard InChI is InChI=1S/C18H21BrN4O3/c19-13-1-2-14-15(8-13)21-22-17(14)23-10-12(7-16(23)24)18(25)20-9-11-3-5-26-6-4-11/h1-2,8,11-12H,3-7,9-10H2,(H,20,25)(H,21,22)/t12-/m0/s1. The van der Waals surface area contributed by atoms with Gasteiger partial charge in [0.15, 0.2) is 5.82 Å². The maximum absolute atomic E-state index is 12.5. The van der Waals surface area contributed by atoms with Crippen LogP contribution in [-0.2, 0) is 14.3 Å². The van der Waals surface area contributed by atoms with Crippen molar-refractivity contribution in [3.8, 4) is 0 Å². The minimum atomic E-state index is -0.329. The van der Waals surface area contributed by atoms with Gasteiger partial charge in [0.25, 0.3) is 0 Å². The molecule has 1 aromatic carbocycles. The van der Waals surface area contributed by atoms with Crippen LogP contribution in [-0.4, -0.2) is 48.3 Å². The maximum atomic E-state index is 12.5. The number of benzene rings is 1. The Balaban J connectivity index is 1.42. The van der Waals surface area contributed by atoms with Gasteiger partial charge in [0, 0.05) is 42.6 Å². The van der Waals surface area contributed by atoms with Crippen molar-refractivity contribution in [2.45, 2.75) is 19.3 Å². The lowest BCUT2D eigenvalue weighted by atomic mass is 10.00. The molecule has 7 nitrogen and oxygen atoms in total. The molecule has 0 aliphatic carbocycles. The quantitative estimate of drug-likeness (QED) is 0.793. The first-order valence-corrected chi connectivity index (χ1v) is 9.70. The molecule has 138 valence electrons. The zero-order valence-electron chi connectivity index (χ0n) is 14.3. The van der Waals surface area contributed by atoms with Gasteiger partial charge in [0.05, 0.1) is 11.4 Å². The minimum Gasteiger partial charge on any atom is -0.381 e. The van der Waals surface area contributed by atoms with Crippen molar-refractivity contribution in [1.82, 2.24) is 15.5 Å². The van der Waals surface area contributed by atoms with Gasteiger partial charge in [-0.3, -0.25) is 19.6 Å². The van der Waals surface area contributed by atoms with Gasteiger partial charge in [-0.1, -0.05) is 15.9 Å². The number of fused-ring (bicyclic) bond motifs is 1. The summed E-state index contributed by atoms with van der Waals surface area (Å²) in [6, 6.07) is 5.76. The third-order valence-electron chi connectivity index (χ3n) is 5.16. The number of aromatic nitrogens is 2. The number of halogens is 1. The number of nitrogens with zero attached hydrogens (tertiary/aromatic N) is 2. The smallest absolute Gasteiger partial charge is 0.229 e. The van der Waals surface area contributed by atoms with Crippen LogP contribution in [0.2, 0.25) is 0 Å². The molecule has 2 aliphatic heterocycles. The van der Waals surface area contributed by atoms with Gasteiger partial charge in [-0.25, -0.2) is 0 Å². The van der Waals surface area contributed by atoms with E-state index in [0.29, 0.717) is 24.8 Å². The summed E-state index contributed by atoms with van der Waals surface area (Å²) >= 11 is 3.43. The van der Waals surface area contributed by atoms with E-state index in [1.54, 1.807) is 4.90 Å². The largest absolute Gasteiger partial charge is 0.381 e. The summed E-state index contributed by atoms with van der Waals surface area (Å²) in [6.45, 7) is 2.55. The van der Waals surface area contributed by atoms with E-state index in [0.717, 1.165) is 41.4 Å². The number of hydrogen-bond donors (Lipinski definition) is 2. The van der Waals surface area contributed by atoms with Crippen molar-refractivity contribution < 1.29 is 14.3 Å². The molecule has 2 N–H and O–H groups in total. The number of carbonyl (C=O) groups excluding carboxylic acids is 2. The van der Waals surface area contributed by atoms with Crippen LogP contribution in [0, 0.1) is 11.8 Å². The average molecular weight is 421 g/mol. The van der Waals surface area contributed by atoms with Crippen molar-refractivity contribution in [2.24, 2.45) is 11.8 Å². The minimum absolute atomic E-state index is 0.0464. The third kappa shape index (κ3) is 3.48. The molecule has 0 unspecified atom stereocenters. The van der Waals surface area contributed by atoms with Gasteiger partial charge in [-0.05, 0) is 37.0 Å². The van der Waals surface area contributed by atoms with Gasteiger partial charge in [-0.15, -0.1) is 0 Å². The number of anilines is 1. The summed E-state index contributed by atoms with van der Waals surface area (Å²) in [4.78, 5) is 26.6. The van der Waals surface area contributed by atoms with Crippen molar-refractivity contribution >= 4 is 44.5 Å². The van der Waals surface area contributed by atoms with Crippen LogP contribution in [0.1, 0.15) is 19.3 Å². The highest BCUT2D eigenvalue weighted by Gasteiger charge is 2.37. The molecule has 0 spiro atoms. The predicted molar refractivity (Wildman–Crippen MR) is 101 cm³/mol. The topological polar surface area (TPSA) is 87.3 Å². The second kappa shape index (κ2) is 7.36. The molecule has 2 fully saturated rings. The molecular formula is C18H21BrN4O3. The molecule has 2 amide bonds. The monoisotopic (exact) mass is 420 g/mol. The highest BCUT2D eigenvalue weighted by Crippen LogP contribution is 2.31. The number of H-pyrrole nitrogens is 1. The van der Waals surface area contributed by atoms with Crippen LogP contribution in [0.15, 0.2) is 22.7 Å². The summed E-state index contributed by atoms with van der Waals surface area (Å²) in [7, 11) is 0. The van der Waals surface area contributed by atoms with E-state index in [1.165, 1.54) is 0 Å². The number of amides is 2. The summed E-state index contributed by atoms with van der Waals surface area (Å²) in [5.74, 6) is 0.624. The van der Waals surface area contributed by atoms with Gasteiger partial charge < -0.3 is 10.1 Å².